The standard InChI is InChI=1S/C35H42ClN3O10S2/c1-20(2)13-24(51(41,42)23-9-10-28-30(15-23)47-19-46-28)16-29-27(14-21-5-7-22(8-6-21)44-17-26-32(36)50-38-37-26)39(35(3,4)49-29)34(40)48-31-18-45-33-25(31)11-12-43-33/h5-10,15,20,24-25,27,29,31,33H,11-14,16-19H2,1-4H3/t24?,25-,27-,29+,31-,33+/m0/s1. The lowest BCUT2D eigenvalue weighted by Crippen LogP contribution is -2.51. The highest BCUT2D eigenvalue weighted by Crippen LogP contribution is 2.42. The number of ether oxygens (including phenoxy) is 7. The molecule has 7 rings (SSSR count). The summed E-state index contributed by atoms with van der Waals surface area (Å²) in [5.74, 6) is 1.54. The van der Waals surface area contributed by atoms with Gasteiger partial charge in [-0.2, -0.15) is 0 Å². The zero-order chi connectivity index (χ0) is 35.9. The van der Waals surface area contributed by atoms with Crippen molar-refractivity contribution in [3.8, 4) is 17.2 Å². The summed E-state index contributed by atoms with van der Waals surface area (Å²) in [6.45, 7) is 8.63. The van der Waals surface area contributed by atoms with E-state index in [2.05, 4.69) is 9.59 Å². The van der Waals surface area contributed by atoms with Crippen LogP contribution >= 0.6 is 23.1 Å². The van der Waals surface area contributed by atoms with Crippen molar-refractivity contribution in [3.63, 3.8) is 0 Å². The van der Waals surface area contributed by atoms with Gasteiger partial charge in [-0.3, -0.25) is 4.90 Å². The van der Waals surface area contributed by atoms with Crippen LogP contribution in [-0.4, -0.2) is 84.5 Å². The Balaban J connectivity index is 1.16. The first kappa shape index (κ1) is 36.2. The average Bonchev–Trinajstić information content (AvgIpc) is 3.91. The molecule has 16 heteroatoms. The Morgan fingerprint density at radius 2 is 1.90 bits per heavy atom. The highest BCUT2D eigenvalue weighted by atomic mass is 35.5. The summed E-state index contributed by atoms with van der Waals surface area (Å²) >= 11 is 7.23. The molecule has 5 heterocycles. The predicted octanol–water partition coefficient (Wildman–Crippen LogP) is 6.02. The summed E-state index contributed by atoms with van der Waals surface area (Å²) in [5.41, 5.74) is 0.354. The normalized spacial score (nSPS) is 25.7. The van der Waals surface area contributed by atoms with E-state index in [1.54, 1.807) is 17.0 Å². The van der Waals surface area contributed by atoms with E-state index in [0.717, 1.165) is 23.5 Å². The first-order valence-corrected chi connectivity index (χ1v) is 19.8. The second kappa shape index (κ2) is 14.7. The Hall–Kier alpha value is -3.21. The van der Waals surface area contributed by atoms with E-state index in [4.69, 9.17) is 44.8 Å². The molecule has 0 bridgehead atoms. The summed E-state index contributed by atoms with van der Waals surface area (Å²) in [7, 11) is -3.85. The van der Waals surface area contributed by atoms with Crippen molar-refractivity contribution >= 4 is 39.1 Å². The van der Waals surface area contributed by atoms with Crippen LogP contribution in [0.4, 0.5) is 4.79 Å². The van der Waals surface area contributed by atoms with Gasteiger partial charge in [0.15, 0.2) is 27.6 Å². The number of carbonyl (C=O) groups is 1. The van der Waals surface area contributed by atoms with E-state index in [9.17, 15) is 13.2 Å². The first-order chi connectivity index (χ1) is 24.4. The summed E-state index contributed by atoms with van der Waals surface area (Å²) in [4.78, 5) is 15.9. The van der Waals surface area contributed by atoms with Crippen LogP contribution in [0.1, 0.15) is 58.2 Å². The van der Waals surface area contributed by atoms with Gasteiger partial charge >= 0.3 is 6.09 Å². The van der Waals surface area contributed by atoms with Gasteiger partial charge < -0.3 is 33.2 Å². The average molecular weight is 764 g/mol. The van der Waals surface area contributed by atoms with Gasteiger partial charge in [0.1, 0.15) is 34.2 Å². The molecule has 1 aromatic heterocycles. The third-order valence-electron chi connectivity index (χ3n) is 9.81. The Bertz CT molecular complexity index is 1820. The third-order valence-corrected chi connectivity index (χ3v) is 13.0. The Kier molecular flexibility index (Phi) is 10.4. The molecule has 3 aromatic rings. The van der Waals surface area contributed by atoms with Crippen LogP contribution in [0.25, 0.3) is 0 Å². The molecule has 3 fully saturated rings. The number of benzene rings is 2. The van der Waals surface area contributed by atoms with Gasteiger partial charge in [0.25, 0.3) is 0 Å². The maximum Gasteiger partial charge on any atom is 0.412 e. The summed E-state index contributed by atoms with van der Waals surface area (Å²) < 4.78 is 73.9. The molecule has 3 saturated heterocycles. The third kappa shape index (κ3) is 7.65. The van der Waals surface area contributed by atoms with Gasteiger partial charge in [-0.05, 0) is 75.3 Å². The SMILES string of the molecule is CC(C)CC(C[C@H]1OC(C)(C)N(C(=O)O[C@H]2CO[C@H]3OCC[C@H]32)[C@H]1Cc1ccc(OCc2nnsc2Cl)cc1)S(=O)(=O)c1ccc2c(c1)OCO2. The van der Waals surface area contributed by atoms with Crippen molar-refractivity contribution < 1.29 is 46.4 Å². The number of rotatable bonds is 12. The van der Waals surface area contributed by atoms with Crippen LogP contribution < -0.4 is 14.2 Å². The summed E-state index contributed by atoms with van der Waals surface area (Å²) in [5, 5.41) is 3.18. The first-order valence-electron chi connectivity index (χ1n) is 17.1. The van der Waals surface area contributed by atoms with Crippen LogP contribution in [0.3, 0.4) is 0 Å². The fraction of sp³-hybridized carbons (Fsp3) is 0.571. The molecule has 0 spiro atoms. The molecule has 276 valence electrons. The second-order valence-corrected chi connectivity index (χ2v) is 17.7. The number of sulfone groups is 1. The Labute approximate surface area is 306 Å². The number of carbonyl (C=O) groups excluding carboxylic acids is 1. The number of hydrogen-bond donors (Lipinski definition) is 0. The van der Waals surface area contributed by atoms with Crippen molar-refractivity contribution in [2.24, 2.45) is 11.8 Å². The van der Waals surface area contributed by atoms with Crippen LogP contribution in [0.2, 0.25) is 4.34 Å². The van der Waals surface area contributed by atoms with Crippen molar-refractivity contribution in [2.45, 2.75) is 100 Å². The lowest BCUT2D eigenvalue weighted by Gasteiger charge is -2.34. The molecule has 0 saturated carbocycles. The fourth-order valence-corrected chi connectivity index (χ4v) is 9.96. The molecular formula is C35H42ClN3O10S2. The maximum absolute atomic E-state index is 14.3. The highest BCUT2D eigenvalue weighted by molar-refractivity contribution is 7.92. The van der Waals surface area contributed by atoms with E-state index in [1.165, 1.54) is 6.07 Å². The molecule has 4 aliphatic heterocycles. The number of amides is 1. The maximum atomic E-state index is 14.3. The van der Waals surface area contributed by atoms with E-state index in [0.29, 0.717) is 46.7 Å². The van der Waals surface area contributed by atoms with Crippen molar-refractivity contribution in [1.29, 1.82) is 0 Å². The molecule has 51 heavy (non-hydrogen) atoms. The van der Waals surface area contributed by atoms with Gasteiger partial charge in [0, 0.05) is 17.6 Å². The van der Waals surface area contributed by atoms with Crippen LogP contribution in [0, 0.1) is 11.8 Å². The number of nitrogens with zero attached hydrogens (tertiary/aromatic N) is 3. The van der Waals surface area contributed by atoms with Crippen LogP contribution in [0.5, 0.6) is 17.2 Å². The molecule has 13 nitrogen and oxygen atoms in total. The van der Waals surface area contributed by atoms with E-state index < -0.39 is 45.2 Å². The summed E-state index contributed by atoms with van der Waals surface area (Å²) in [6.07, 6.45) is -0.362. The van der Waals surface area contributed by atoms with Crippen molar-refractivity contribution in [3.05, 3.63) is 58.1 Å². The number of aromatic nitrogens is 2. The minimum Gasteiger partial charge on any atom is -0.487 e. The lowest BCUT2D eigenvalue weighted by molar-refractivity contribution is -0.0911. The number of halogens is 1. The molecule has 2 aromatic carbocycles. The topological polar surface area (TPSA) is 145 Å². The van der Waals surface area contributed by atoms with E-state index in [-0.39, 0.29) is 49.4 Å². The van der Waals surface area contributed by atoms with Gasteiger partial charge in [0.05, 0.1) is 41.4 Å². The number of hydrogen-bond acceptors (Lipinski definition) is 13. The van der Waals surface area contributed by atoms with Crippen molar-refractivity contribution in [1.82, 2.24) is 14.5 Å². The Morgan fingerprint density at radius 3 is 2.65 bits per heavy atom. The minimum absolute atomic E-state index is 0.0407. The highest BCUT2D eigenvalue weighted by Gasteiger charge is 2.53. The zero-order valence-corrected chi connectivity index (χ0v) is 31.2. The summed E-state index contributed by atoms with van der Waals surface area (Å²) in [6, 6.07) is 11.7. The quantitative estimate of drug-likeness (QED) is 0.213. The second-order valence-electron chi connectivity index (χ2n) is 14.2. The van der Waals surface area contributed by atoms with Gasteiger partial charge in [-0.25, -0.2) is 13.2 Å². The molecule has 1 amide bonds. The largest absolute Gasteiger partial charge is 0.487 e. The monoisotopic (exact) mass is 763 g/mol. The van der Waals surface area contributed by atoms with E-state index in [1.807, 2.05) is 52.0 Å². The van der Waals surface area contributed by atoms with Crippen molar-refractivity contribution in [2.75, 3.05) is 20.0 Å². The van der Waals surface area contributed by atoms with Gasteiger partial charge in [-0.15, -0.1) is 5.10 Å². The zero-order valence-electron chi connectivity index (χ0n) is 28.9. The molecule has 0 aliphatic carbocycles. The molecule has 6 atom stereocenters. The molecule has 0 radical (unpaired) electrons. The van der Waals surface area contributed by atoms with E-state index >= 15 is 0 Å². The van der Waals surface area contributed by atoms with Gasteiger partial charge in [-0.1, -0.05) is 42.1 Å². The minimum atomic E-state index is -3.85. The molecule has 1 unspecified atom stereocenters. The fourth-order valence-electron chi connectivity index (χ4n) is 7.37. The molecular weight excluding hydrogens is 722 g/mol. The van der Waals surface area contributed by atoms with Crippen LogP contribution in [0.15, 0.2) is 47.4 Å². The Morgan fingerprint density at radius 1 is 1.12 bits per heavy atom. The lowest BCUT2D eigenvalue weighted by atomic mass is 9.95. The van der Waals surface area contributed by atoms with Crippen LogP contribution in [-0.2, 0) is 41.8 Å². The van der Waals surface area contributed by atoms with Gasteiger partial charge in [0.2, 0.25) is 6.79 Å². The molecule has 0 N–H and O–H groups in total. The number of fused-ring (bicyclic) bond motifs is 2. The molecule has 4 aliphatic rings. The predicted molar refractivity (Wildman–Crippen MR) is 186 cm³/mol. The smallest absolute Gasteiger partial charge is 0.412 e.